The molecule has 0 aliphatic heterocycles. The fraction of sp³-hybridized carbons (Fsp3) is 0.700. The van der Waals surface area contributed by atoms with Crippen LogP contribution in [0, 0.1) is 5.41 Å². The molecule has 0 spiro atoms. The van der Waals surface area contributed by atoms with Gasteiger partial charge in [-0.05, 0) is 24.7 Å². The molecule has 78 valence electrons. The van der Waals surface area contributed by atoms with E-state index < -0.39 is 0 Å². The van der Waals surface area contributed by atoms with Gasteiger partial charge in [0.25, 0.3) is 0 Å². The van der Waals surface area contributed by atoms with Crippen molar-refractivity contribution in [3.63, 3.8) is 0 Å². The summed E-state index contributed by atoms with van der Waals surface area (Å²) in [6.07, 6.45) is 5.27. The molecule has 1 fully saturated rings. The lowest BCUT2D eigenvalue weighted by Gasteiger charge is -2.08. The molecular weight excluding hydrogens is 196 g/mol. The zero-order valence-electron chi connectivity index (χ0n) is 8.66. The van der Waals surface area contributed by atoms with Crippen molar-refractivity contribution in [2.24, 2.45) is 5.41 Å². The average molecular weight is 212 g/mol. The number of hydrogen-bond acceptors (Lipinski definition) is 4. The Bertz CT molecular complexity index is 318. The summed E-state index contributed by atoms with van der Waals surface area (Å²) in [5, 5.41) is 10.3. The summed E-state index contributed by atoms with van der Waals surface area (Å²) < 4.78 is 0. The summed E-state index contributed by atoms with van der Waals surface area (Å²) in [4.78, 5) is 7.64. The van der Waals surface area contributed by atoms with Gasteiger partial charge in [0.15, 0.2) is 5.13 Å². The fourth-order valence-corrected chi connectivity index (χ4v) is 2.53. The Morgan fingerprint density at radius 1 is 1.57 bits per heavy atom. The van der Waals surface area contributed by atoms with Crippen molar-refractivity contribution in [2.45, 2.75) is 19.3 Å². The van der Waals surface area contributed by atoms with Gasteiger partial charge < -0.3 is 10.0 Å². The average Bonchev–Trinajstić information content (AvgIpc) is 2.75. The van der Waals surface area contributed by atoms with Crippen LogP contribution in [-0.2, 0) is 6.42 Å². The van der Waals surface area contributed by atoms with Crippen molar-refractivity contribution in [3.8, 4) is 0 Å². The highest BCUT2D eigenvalue weighted by Gasteiger charge is 2.42. The lowest BCUT2D eigenvalue weighted by Crippen LogP contribution is -2.09. The Morgan fingerprint density at radius 3 is 2.71 bits per heavy atom. The SMILES string of the molecule is CN(C)c1ncc(CC2(CO)CC2)s1. The van der Waals surface area contributed by atoms with E-state index in [2.05, 4.69) is 4.98 Å². The molecular formula is C10H16N2OS. The molecule has 1 aliphatic carbocycles. The standard InChI is InChI=1S/C10H16N2OS/c1-12(2)9-11-6-8(14-9)5-10(7-13)3-4-10/h6,13H,3-5,7H2,1-2H3. The van der Waals surface area contributed by atoms with Crippen LogP contribution in [0.3, 0.4) is 0 Å². The molecule has 1 N–H and O–H groups in total. The van der Waals surface area contributed by atoms with Crippen molar-refractivity contribution in [3.05, 3.63) is 11.1 Å². The van der Waals surface area contributed by atoms with Gasteiger partial charge in [0, 0.05) is 31.8 Å². The molecule has 1 saturated carbocycles. The number of thiazole rings is 1. The van der Waals surface area contributed by atoms with Gasteiger partial charge in [-0.15, -0.1) is 11.3 Å². The molecule has 0 bridgehead atoms. The predicted octanol–water partition coefficient (Wildman–Crippen LogP) is 1.52. The van der Waals surface area contributed by atoms with E-state index in [1.807, 2.05) is 25.2 Å². The third-order valence-corrected chi connectivity index (χ3v) is 3.93. The Labute approximate surface area is 88.4 Å². The second-order valence-electron chi connectivity index (χ2n) is 4.34. The molecule has 0 atom stereocenters. The molecule has 1 aliphatic rings. The first-order chi connectivity index (χ1) is 6.65. The minimum Gasteiger partial charge on any atom is -0.396 e. The van der Waals surface area contributed by atoms with Crippen molar-refractivity contribution < 1.29 is 5.11 Å². The second-order valence-corrected chi connectivity index (χ2v) is 5.43. The van der Waals surface area contributed by atoms with Gasteiger partial charge in [-0.1, -0.05) is 0 Å². The van der Waals surface area contributed by atoms with E-state index in [0.717, 1.165) is 11.6 Å². The van der Waals surface area contributed by atoms with E-state index in [0.29, 0.717) is 6.61 Å². The van der Waals surface area contributed by atoms with E-state index in [4.69, 9.17) is 0 Å². The molecule has 0 amide bonds. The van der Waals surface area contributed by atoms with Crippen LogP contribution in [0.25, 0.3) is 0 Å². The first kappa shape index (κ1) is 9.93. The molecule has 1 aromatic heterocycles. The number of hydrogen-bond donors (Lipinski definition) is 1. The van der Waals surface area contributed by atoms with Gasteiger partial charge in [-0.2, -0.15) is 0 Å². The van der Waals surface area contributed by atoms with Crippen molar-refractivity contribution in [1.82, 2.24) is 4.98 Å². The highest BCUT2D eigenvalue weighted by atomic mass is 32.1. The number of nitrogens with zero attached hydrogens (tertiary/aromatic N) is 2. The highest BCUT2D eigenvalue weighted by Crippen LogP contribution is 2.48. The fourth-order valence-electron chi connectivity index (χ4n) is 1.52. The molecule has 1 heterocycles. The largest absolute Gasteiger partial charge is 0.396 e. The van der Waals surface area contributed by atoms with Gasteiger partial charge in [0.1, 0.15) is 0 Å². The maximum absolute atomic E-state index is 9.21. The predicted molar refractivity (Wildman–Crippen MR) is 58.9 cm³/mol. The van der Waals surface area contributed by atoms with Gasteiger partial charge in [-0.25, -0.2) is 4.98 Å². The first-order valence-corrected chi connectivity index (χ1v) is 5.70. The maximum Gasteiger partial charge on any atom is 0.184 e. The Morgan fingerprint density at radius 2 is 2.29 bits per heavy atom. The summed E-state index contributed by atoms with van der Waals surface area (Å²) in [5.74, 6) is 0. The summed E-state index contributed by atoms with van der Waals surface area (Å²) in [5.41, 5.74) is 0.204. The lowest BCUT2D eigenvalue weighted by molar-refractivity contribution is 0.212. The Balaban J connectivity index is 2.03. The molecule has 0 radical (unpaired) electrons. The van der Waals surface area contributed by atoms with E-state index in [-0.39, 0.29) is 5.41 Å². The summed E-state index contributed by atoms with van der Waals surface area (Å²) in [6, 6.07) is 0. The van der Waals surface area contributed by atoms with Crippen LogP contribution in [0.2, 0.25) is 0 Å². The van der Waals surface area contributed by atoms with E-state index in [1.165, 1.54) is 17.7 Å². The Kier molecular flexibility index (Phi) is 2.49. The highest BCUT2D eigenvalue weighted by molar-refractivity contribution is 7.15. The van der Waals surface area contributed by atoms with Crippen LogP contribution in [0.15, 0.2) is 6.20 Å². The normalized spacial score (nSPS) is 18.2. The van der Waals surface area contributed by atoms with Crippen LogP contribution in [-0.4, -0.2) is 30.8 Å². The number of aliphatic hydroxyl groups excluding tert-OH is 1. The lowest BCUT2D eigenvalue weighted by atomic mass is 10.0. The monoisotopic (exact) mass is 212 g/mol. The number of aromatic nitrogens is 1. The van der Waals surface area contributed by atoms with Crippen LogP contribution < -0.4 is 4.90 Å². The molecule has 14 heavy (non-hydrogen) atoms. The van der Waals surface area contributed by atoms with Crippen molar-refractivity contribution in [2.75, 3.05) is 25.6 Å². The third kappa shape index (κ3) is 1.91. The number of anilines is 1. The number of aliphatic hydroxyl groups is 1. The van der Waals surface area contributed by atoms with Crippen LogP contribution in [0.1, 0.15) is 17.7 Å². The topological polar surface area (TPSA) is 36.4 Å². The molecule has 4 heteroatoms. The minimum absolute atomic E-state index is 0.204. The Hall–Kier alpha value is -0.610. The summed E-state index contributed by atoms with van der Waals surface area (Å²) in [6.45, 7) is 0.322. The van der Waals surface area contributed by atoms with Gasteiger partial charge in [0.2, 0.25) is 0 Å². The molecule has 0 unspecified atom stereocenters. The van der Waals surface area contributed by atoms with E-state index >= 15 is 0 Å². The second kappa shape index (κ2) is 3.51. The maximum atomic E-state index is 9.21. The van der Waals surface area contributed by atoms with Gasteiger partial charge in [0.05, 0.1) is 0 Å². The van der Waals surface area contributed by atoms with E-state index in [9.17, 15) is 5.11 Å². The summed E-state index contributed by atoms with van der Waals surface area (Å²) >= 11 is 1.73. The minimum atomic E-state index is 0.204. The first-order valence-electron chi connectivity index (χ1n) is 4.88. The van der Waals surface area contributed by atoms with Gasteiger partial charge >= 0.3 is 0 Å². The smallest absolute Gasteiger partial charge is 0.184 e. The molecule has 1 aromatic rings. The zero-order valence-corrected chi connectivity index (χ0v) is 9.47. The van der Waals surface area contributed by atoms with Crippen LogP contribution >= 0.6 is 11.3 Å². The molecule has 2 rings (SSSR count). The number of rotatable bonds is 4. The zero-order chi connectivity index (χ0) is 10.2. The van der Waals surface area contributed by atoms with Crippen molar-refractivity contribution in [1.29, 1.82) is 0 Å². The van der Waals surface area contributed by atoms with Gasteiger partial charge in [-0.3, -0.25) is 0 Å². The van der Waals surface area contributed by atoms with Crippen LogP contribution in [0.4, 0.5) is 5.13 Å². The van der Waals surface area contributed by atoms with Crippen molar-refractivity contribution >= 4 is 16.5 Å². The molecule has 0 aromatic carbocycles. The van der Waals surface area contributed by atoms with Crippen LogP contribution in [0.5, 0.6) is 0 Å². The molecule has 0 saturated heterocycles. The quantitative estimate of drug-likeness (QED) is 0.822. The third-order valence-electron chi connectivity index (χ3n) is 2.77. The summed E-state index contributed by atoms with van der Waals surface area (Å²) in [7, 11) is 4.00. The molecule has 3 nitrogen and oxygen atoms in total. The van der Waals surface area contributed by atoms with E-state index in [1.54, 1.807) is 11.3 Å².